The van der Waals surface area contributed by atoms with Crippen LogP contribution in [0.1, 0.15) is 59.8 Å². The van der Waals surface area contributed by atoms with E-state index in [-0.39, 0.29) is 11.2 Å². The molecule has 108 valence electrons. The molecule has 0 radical (unpaired) electrons. The molecule has 1 fully saturated rings. The Morgan fingerprint density at radius 1 is 1.26 bits per heavy atom. The molecule has 0 spiro atoms. The third-order valence-corrected chi connectivity index (χ3v) is 3.37. The lowest BCUT2D eigenvalue weighted by Crippen LogP contribution is -2.18. The summed E-state index contributed by atoms with van der Waals surface area (Å²) < 4.78 is 5.83. The van der Waals surface area contributed by atoms with Crippen LogP contribution in [0.25, 0.3) is 0 Å². The highest BCUT2D eigenvalue weighted by atomic mass is 16.5. The summed E-state index contributed by atoms with van der Waals surface area (Å²) in [7, 11) is 0. The average molecular weight is 264 g/mol. The van der Waals surface area contributed by atoms with Gasteiger partial charge in [0.2, 0.25) is 5.78 Å². The van der Waals surface area contributed by atoms with Crippen LogP contribution < -0.4 is 0 Å². The van der Waals surface area contributed by atoms with E-state index in [1.807, 2.05) is 6.08 Å². The number of allylic oxidation sites excluding steroid dienone is 2. The van der Waals surface area contributed by atoms with E-state index in [0.29, 0.717) is 23.9 Å². The second kappa shape index (κ2) is 6.93. The van der Waals surface area contributed by atoms with Crippen molar-refractivity contribution < 1.29 is 9.53 Å². The van der Waals surface area contributed by atoms with Crippen LogP contribution in [0.15, 0.2) is 24.0 Å². The summed E-state index contributed by atoms with van der Waals surface area (Å²) in [5, 5.41) is 0. The first-order chi connectivity index (χ1) is 8.79. The van der Waals surface area contributed by atoms with Gasteiger partial charge in [-0.2, -0.15) is 0 Å². The maximum Gasteiger partial charge on any atom is 0.222 e. The van der Waals surface area contributed by atoms with Crippen molar-refractivity contribution in [2.75, 3.05) is 6.61 Å². The molecule has 0 aromatic rings. The van der Waals surface area contributed by atoms with Crippen molar-refractivity contribution in [3.63, 3.8) is 0 Å². The topological polar surface area (TPSA) is 26.3 Å². The maximum absolute atomic E-state index is 12.1. The zero-order chi connectivity index (χ0) is 14.5. The largest absolute Gasteiger partial charge is 0.490 e. The molecule has 0 saturated heterocycles. The number of carbonyl (C=O) groups is 1. The summed E-state index contributed by atoms with van der Waals surface area (Å²) in [6.45, 7) is 12.4. The molecule has 0 unspecified atom stereocenters. The smallest absolute Gasteiger partial charge is 0.222 e. The van der Waals surface area contributed by atoms with Crippen LogP contribution in [0.3, 0.4) is 0 Å². The molecule has 19 heavy (non-hydrogen) atoms. The fourth-order valence-electron chi connectivity index (χ4n) is 2.34. The second-order valence-corrected chi connectivity index (χ2v) is 6.80. The molecule has 0 heterocycles. The van der Waals surface area contributed by atoms with Crippen LogP contribution in [-0.4, -0.2) is 12.4 Å². The highest BCUT2D eigenvalue weighted by Gasteiger charge is 2.20. The Labute approximate surface area is 117 Å². The number of hydrogen-bond acceptors (Lipinski definition) is 2. The van der Waals surface area contributed by atoms with Crippen molar-refractivity contribution in [1.29, 1.82) is 0 Å². The van der Waals surface area contributed by atoms with Gasteiger partial charge in [0.1, 0.15) is 0 Å². The van der Waals surface area contributed by atoms with Gasteiger partial charge < -0.3 is 4.74 Å². The Bertz CT molecular complexity index is 352. The zero-order valence-electron chi connectivity index (χ0n) is 12.9. The molecule has 0 bridgehead atoms. The highest BCUT2D eigenvalue weighted by Crippen LogP contribution is 2.26. The van der Waals surface area contributed by atoms with Crippen molar-refractivity contribution in [3.8, 4) is 0 Å². The zero-order valence-corrected chi connectivity index (χ0v) is 12.9. The normalized spacial score (nSPS) is 18.2. The number of rotatable bonds is 5. The maximum atomic E-state index is 12.1. The van der Waals surface area contributed by atoms with Gasteiger partial charge in [-0.25, -0.2) is 0 Å². The standard InChI is InChI=1S/C17H28O2/c1-13(2)16(18)15(11-17(3,4)5)19-12-14-9-7-6-8-10-14/h11,14H,1,6-10,12H2,2-5H3/b15-11-. The number of Topliss-reactive ketones (excluding diaryl/α,β-unsaturated/α-hetero) is 1. The summed E-state index contributed by atoms with van der Waals surface area (Å²) in [6, 6.07) is 0. The predicted molar refractivity (Wildman–Crippen MR) is 79.9 cm³/mol. The van der Waals surface area contributed by atoms with Crippen LogP contribution in [0, 0.1) is 11.3 Å². The SMILES string of the molecule is C=C(C)C(=O)/C(=C/C(C)(C)C)OCC1CCCCC1. The first-order valence-electron chi connectivity index (χ1n) is 7.35. The fourth-order valence-corrected chi connectivity index (χ4v) is 2.34. The summed E-state index contributed by atoms with van der Waals surface area (Å²) in [5.41, 5.74) is 0.478. The van der Waals surface area contributed by atoms with E-state index in [2.05, 4.69) is 27.4 Å². The van der Waals surface area contributed by atoms with Crippen LogP contribution in [-0.2, 0) is 9.53 Å². The van der Waals surface area contributed by atoms with Crippen LogP contribution >= 0.6 is 0 Å². The van der Waals surface area contributed by atoms with E-state index >= 15 is 0 Å². The minimum atomic E-state index is -0.0641. The third-order valence-electron chi connectivity index (χ3n) is 3.37. The minimum absolute atomic E-state index is 0.0625. The van der Waals surface area contributed by atoms with Crippen LogP contribution in [0.5, 0.6) is 0 Å². The van der Waals surface area contributed by atoms with Crippen molar-refractivity contribution in [1.82, 2.24) is 0 Å². The fraction of sp³-hybridized carbons (Fsp3) is 0.706. The lowest BCUT2D eigenvalue weighted by Gasteiger charge is -2.23. The molecule has 0 aliphatic heterocycles. The van der Waals surface area contributed by atoms with E-state index < -0.39 is 0 Å². The number of ketones is 1. The summed E-state index contributed by atoms with van der Waals surface area (Å²) in [6.07, 6.45) is 8.30. The summed E-state index contributed by atoms with van der Waals surface area (Å²) in [4.78, 5) is 12.1. The molecular weight excluding hydrogens is 236 g/mol. The molecule has 0 N–H and O–H groups in total. The van der Waals surface area contributed by atoms with Crippen molar-refractivity contribution >= 4 is 5.78 Å². The Hall–Kier alpha value is -1.05. The quantitative estimate of drug-likeness (QED) is 0.533. The number of ether oxygens (including phenoxy) is 1. The van der Waals surface area contributed by atoms with E-state index in [1.165, 1.54) is 32.1 Å². The van der Waals surface area contributed by atoms with Gasteiger partial charge in [-0.05, 0) is 42.7 Å². The van der Waals surface area contributed by atoms with Gasteiger partial charge in [0, 0.05) is 0 Å². The van der Waals surface area contributed by atoms with Crippen LogP contribution in [0.4, 0.5) is 0 Å². The van der Waals surface area contributed by atoms with Gasteiger partial charge in [0.15, 0.2) is 5.76 Å². The molecule has 0 aromatic carbocycles. The highest BCUT2D eigenvalue weighted by molar-refractivity contribution is 6.05. The van der Waals surface area contributed by atoms with E-state index in [4.69, 9.17) is 4.74 Å². The first-order valence-corrected chi connectivity index (χ1v) is 7.35. The molecule has 2 nitrogen and oxygen atoms in total. The molecule has 0 aromatic heterocycles. The van der Waals surface area contributed by atoms with Gasteiger partial charge in [0.05, 0.1) is 6.61 Å². The Kier molecular flexibility index (Phi) is 5.84. The molecule has 1 saturated carbocycles. The van der Waals surface area contributed by atoms with Crippen molar-refractivity contribution in [2.45, 2.75) is 59.8 Å². The number of carbonyl (C=O) groups excluding carboxylic acids is 1. The number of hydrogen-bond donors (Lipinski definition) is 0. The molecule has 1 aliphatic rings. The molecule has 1 rings (SSSR count). The Morgan fingerprint density at radius 3 is 2.32 bits per heavy atom. The molecule has 0 amide bonds. The van der Waals surface area contributed by atoms with Crippen molar-refractivity contribution in [2.24, 2.45) is 11.3 Å². The summed E-state index contributed by atoms with van der Waals surface area (Å²) >= 11 is 0. The average Bonchev–Trinajstić information content (AvgIpc) is 2.33. The van der Waals surface area contributed by atoms with Crippen molar-refractivity contribution in [3.05, 3.63) is 24.0 Å². The van der Waals surface area contributed by atoms with Gasteiger partial charge in [-0.3, -0.25) is 4.79 Å². The Balaban J connectivity index is 2.66. The first kappa shape index (κ1) is 16.0. The van der Waals surface area contributed by atoms with Gasteiger partial charge in [-0.15, -0.1) is 0 Å². The van der Waals surface area contributed by atoms with Gasteiger partial charge in [0.25, 0.3) is 0 Å². The lowest BCUT2D eigenvalue weighted by molar-refractivity contribution is -0.115. The van der Waals surface area contributed by atoms with E-state index in [0.717, 1.165) is 0 Å². The molecule has 0 atom stereocenters. The van der Waals surface area contributed by atoms with Crippen LogP contribution in [0.2, 0.25) is 0 Å². The Morgan fingerprint density at radius 2 is 1.84 bits per heavy atom. The molecular formula is C17H28O2. The lowest BCUT2D eigenvalue weighted by atomic mass is 9.90. The summed E-state index contributed by atoms with van der Waals surface area (Å²) in [5.74, 6) is 1.02. The third kappa shape index (κ3) is 6.09. The van der Waals surface area contributed by atoms with E-state index in [1.54, 1.807) is 6.92 Å². The minimum Gasteiger partial charge on any atom is -0.490 e. The predicted octanol–water partition coefficient (Wildman–Crippen LogP) is 4.66. The van der Waals surface area contributed by atoms with Gasteiger partial charge in [-0.1, -0.05) is 46.6 Å². The van der Waals surface area contributed by atoms with Gasteiger partial charge >= 0.3 is 0 Å². The second-order valence-electron chi connectivity index (χ2n) is 6.80. The molecule has 2 heteroatoms. The van der Waals surface area contributed by atoms with E-state index in [9.17, 15) is 4.79 Å². The molecule has 1 aliphatic carbocycles. The monoisotopic (exact) mass is 264 g/mol.